The Morgan fingerprint density at radius 2 is 1.30 bits per heavy atom. The number of hydrogen-bond acceptors (Lipinski definition) is 6. The maximum atomic E-state index is 13.9. The summed E-state index contributed by atoms with van der Waals surface area (Å²) in [6.45, 7) is 0.280. The van der Waals surface area contributed by atoms with Crippen LogP contribution in [0.1, 0.15) is 47.4 Å². The van der Waals surface area contributed by atoms with Crippen molar-refractivity contribution in [2.45, 2.75) is 56.3 Å². The first-order valence-corrected chi connectivity index (χ1v) is 15.4. The van der Waals surface area contributed by atoms with Crippen LogP contribution >= 0.6 is 0 Å². The van der Waals surface area contributed by atoms with Crippen LogP contribution in [0, 0.1) is 5.41 Å². The highest BCUT2D eigenvalue weighted by atomic mass is 19.4. The molecule has 12 N–H and O–H groups in total. The van der Waals surface area contributed by atoms with Gasteiger partial charge in [0.1, 0.15) is 17.9 Å². The Bertz CT molecular complexity index is 1600. The fourth-order valence-corrected chi connectivity index (χ4v) is 4.66. The van der Waals surface area contributed by atoms with Crippen molar-refractivity contribution in [2.75, 3.05) is 6.54 Å². The molecule has 0 heterocycles. The Balaban J connectivity index is 0.00000112. The molecule has 268 valence electrons. The molecular formula is C34H41F3N8O5. The maximum absolute atomic E-state index is 13.9. The van der Waals surface area contributed by atoms with Gasteiger partial charge >= 0.3 is 12.1 Å². The minimum atomic E-state index is -5.08. The largest absolute Gasteiger partial charge is 0.490 e. The number of carbonyl (C=O) groups is 4. The highest BCUT2D eigenvalue weighted by Gasteiger charge is 2.38. The topological polar surface area (TPSA) is 253 Å². The molecule has 0 saturated carbocycles. The number of carboxylic acid groups (broad SMARTS) is 1. The lowest BCUT2D eigenvalue weighted by molar-refractivity contribution is -0.192. The Hall–Kier alpha value is -5.93. The minimum Gasteiger partial charge on any atom is -0.475 e. The van der Waals surface area contributed by atoms with Crippen molar-refractivity contribution in [3.63, 3.8) is 0 Å². The summed E-state index contributed by atoms with van der Waals surface area (Å²) in [6, 6.07) is 24.2. The molecule has 0 aromatic heterocycles. The number of halogens is 3. The highest BCUT2D eigenvalue weighted by Crippen LogP contribution is 2.22. The van der Waals surface area contributed by atoms with E-state index in [-0.39, 0.29) is 30.7 Å². The Labute approximate surface area is 286 Å². The first kappa shape index (κ1) is 40.2. The number of amidine groups is 1. The van der Waals surface area contributed by atoms with E-state index < -0.39 is 42.0 Å². The van der Waals surface area contributed by atoms with Crippen LogP contribution < -0.4 is 33.6 Å². The molecule has 3 rings (SSSR count). The number of guanidine groups is 1. The molecule has 3 atom stereocenters. The molecule has 3 aromatic rings. The molecule has 3 aromatic carbocycles. The maximum Gasteiger partial charge on any atom is 0.490 e. The molecule has 16 heteroatoms. The van der Waals surface area contributed by atoms with Crippen LogP contribution in [0.4, 0.5) is 13.2 Å². The van der Waals surface area contributed by atoms with Crippen LogP contribution in [0.25, 0.3) is 0 Å². The average Bonchev–Trinajstić information content (AvgIpc) is 3.07. The van der Waals surface area contributed by atoms with Crippen molar-refractivity contribution in [3.05, 3.63) is 107 Å². The van der Waals surface area contributed by atoms with Gasteiger partial charge in [-0.15, -0.1) is 0 Å². The monoisotopic (exact) mass is 698 g/mol. The van der Waals surface area contributed by atoms with Gasteiger partial charge in [0.2, 0.25) is 17.7 Å². The van der Waals surface area contributed by atoms with Crippen molar-refractivity contribution >= 4 is 35.5 Å². The molecule has 0 spiro atoms. The predicted molar refractivity (Wildman–Crippen MR) is 182 cm³/mol. The first-order chi connectivity index (χ1) is 23.6. The van der Waals surface area contributed by atoms with Crippen LogP contribution in [-0.4, -0.2) is 65.4 Å². The number of nitrogens with two attached hydrogens (primary N) is 4. The lowest BCUT2D eigenvalue weighted by Crippen LogP contribution is -2.53. The SMILES string of the molecule is N=C(N)c1ccc(C[C@@H](C(=O)N[C@@H](CCc2ccccc2)C(=O)N[C@@H](CCCN=C(N)N)C(N)=O)c2ccccc2)cc1.O=C(O)C(F)(F)F. The third-order valence-corrected chi connectivity index (χ3v) is 7.27. The number of aliphatic imine (C=N–C) groups is 1. The minimum absolute atomic E-state index is 0.0401. The van der Waals surface area contributed by atoms with Gasteiger partial charge in [0, 0.05) is 12.1 Å². The highest BCUT2D eigenvalue weighted by molar-refractivity contribution is 5.95. The number of carbonyl (C=O) groups excluding carboxylic acids is 3. The van der Waals surface area contributed by atoms with Crippen molar-refractivity contribution in [1.82, 2.24) is 10.6 Å². The van der Waals surface area contributed by atoms with Crippen molar-refractivity contribution < 1.29 is 37.5 Å². The predicted octanol–water partition coefficient (Wildman–Crippen LogP) is 2.07. The molecule has 50 heavy (non-hydrogen) atoms. The molecular weight excluding hydrogens is 657 g/mol. The van der Waals surface area contributed by atoms with Crippen LogP contribution in [0.3, 0.4) is 0 Å². The Morgan fingerprint density at radius 1 is 0.760 bits per heavy atom. The first-order valence-electron chi connectivity index (χ1n) is 15.4. The van der Waals surface area contributed by atoms with E-state index in [1.807, 2.05) is 72.8 Å². The molecule has 0 fully saturated rings. The zero-order chi connectivity index (χ0) is 37.3. The molecule has 13 nitrogen and oxygen atoms in total. The van der Waals surface area contributed by atoms with Gasteiger partial charge in [-0.1, -0.05) is 84.9 Å². The number of alkyl halides is 3. The standard InChI is InChI=1S/C32H40N8O3.C2HF3O2/c33-28(34)24-16-13-22(14-17-24)20-25(23-10-5-2-6-11-23)30(42)40-27(18-15-21-8-3-1-4-9-21)31(43)39-26(29(35)41)12-7-19-38-32(36)37;3-2(4,5)1(6)7/h1-6,8-11,13-14,16-17,25-27H,7,12,15,18-20H2,(H3,33,34)(H2,35,41)(H,39,43)(H,40,42)(H4,36,37,38);(H,6,7)/t25-,26+,27+;/m1./s1. The molecule has 0 unspecified atom stereocenters. The summed E-state index contributed by atoms with van der Waals surface area (Å²) in [5.74, 6) is -5.00. The van der Waals surface area contributed by atoms with E-state index in [2.05, 4.69) is 15.6 Å². The van der Waals surface area contributed by atoms with E-state index in [0.717, 1.165) is 16.7 Å². The number of carboxylic acids is 1. The number of primary amides is 1. The molecule has 0 aliphatic carbocycles. The van der Waals surface area contributed by atoms with E-state index in [1.165, 1.54) is 0 Å². The normalized spacial score (nSPS) is 12.5. The Morgan fingerprint density at radius 3 is 1.80 bits per heavy atom. The number of rotatable bonds is 16. The number of hydrogen-bond donors (Lipinski definition) is 8. The lowest BCUT2D eigenvalue weighted by atomic mass is 9.90. The van der Waals surface area contributed by atoms with Gasteiger partial charge in [-0.2, -0.15) is 13.2 Å². The van der Waals surface area contributed by atoms with E-state index in [4.69, 9.17) is 38.2 Å². The number of nitrogens with zero attached hydrogens (tertiary/aromatic N) is 1. The van der Waals surface area contributed by atoms with E-state index in [0.29, 0.717) is 31.2 Å². The third-order valence-electron chi connectivity index (χ3n) is 7.27. The van der Waals surface area contributed by atoms with E-state index in [1.54, 1.807) is 12.1 Å². The van der Waals surface area contributed by atoms with Gasteiger partial charge in [-0.3, -0.25) is 24.8 Å². The molecule has 0 bridgehead atoms. The number of benzene rings is 3. The average molecular weight is 699 g/mol. The summed E-state index contributed by atoms with van der Waals surface area (Å²) in [4.78, 5) is 52.4. The molecule has 0 aliphatic rings. The Kier molecular flexibility index (Phi) is 15.9. The number of aliphatic carboxylic acids is 1. The lowest BCUT2D eigenvalue weighted by Gasteiger charge is -2.25. The summed E-state index contributed by atoms with van der Waals surface area (Å²) in [7, 11) is 0. The zero-order valence-electron chi connectivity index (χ0n) is 27.0. The summed E-state index contributed by atoms with van der Waals surface area (Å²) in [5.41, 5.74) is 25.2. The van der Waals surface area contributed by atoms with Gasteiger partial charge in [-0.25, -0.2) is 4.79 Å². The van der Waals surface area contributed by atoms with Crippen molar-refractivity contribution in [3.8, 4) is 0 Å². The summed E-state index contributed by atoms with van der Waals surface area (Å²) in [5, 5.41) is 20.4. The fraction of sp³-hybridized carbons (Fsp3) is 0.294. The molecule has 0 radical (unpaired) electrons. The van der Waals surface area contributed by atoms with Crippen molar-refractivity contribution in [1.29, 1.82) is 5.41 Å². The second-order valence-corrected chi connectivity index (χ2v) is 11.1. The van der Waals surface area contributed by atoms with E-state index in [9.17, 15) is 27.6 Å². The number of nitrogen functional groups attached to an aromatic ring is 1. The summed E-state index contributed by atoms with van der Waals surface area (Å²) < 4.78 is 31.7. The number of nitrogens with one attached hydrogen (secondary N) is 3. The second-order valence-electron chi connectivity index (χ2n) is 11.1. The van der Waals surface area contributed by atoms with Crippen LogP contribution in [0.5, 0.6) is 0 Å². The molecule has 3 amide bonds. The number of amides is 3. The third kappa shape index (κ3) is 14.5. The fourth-order valence-electron chi connectivity index (χ4n) is 4.66. The smallest absolute Gasteiger partial charge is 0.475 e. The van der Waals surface area contributed by atoms with Gasteiger partial charge in [-0.05, 0) is 48.8 Å². The quantitative estimate of drug-likeness (QED) is 0.0623. The van der Waals surface area contributed by atoms with Crippen molar-refractivity contribution in [2.24, 2.45) is 27.9 Å². The van der Waals surface area contributed by atoms with Crippen LogP contribution in [0.2, 0.25) is 0 Å². The summed E-state index contributed by atoms with van der Waals surface area (Å²) in [6.07, 6.45) is -3.25. The van der Waals surface area contributed by atoms with Crippen LogP contribution in [-0.2, 0) is 32.0 Å². The second kappa shape index (κ2) is 19.8. The van der Waals surface area contributed by atoms with Gasteiger partial charge < -0.3 is 38.7 Å². The van der Waals surface area contributed by atoms with Crippen LogP contribution in [0.15, 0.2) is 89.9 Å². The molecule has 0 aliphatic heterocycles. The number of aryl methyl sites for hydroxylation is 1. The van der Waals surface area contributed by atoms with Gasteiger partial charge in [0.25, 0.3) is 0 Å². The van der Waals surface area contributed by atoms with Gasteiger partial charge in [0.15, 0.2) is 5.96 Å². The van der Waals surface area contributed by atoms with E-state index >= 15 is 0 Å². The van der Waals surface area contributed by atoms with Gasteiger partial charge in [0.05, 0.1) is 5.92 Å². The molecule has 0 saturated heterocycles. The summed E-state index contributed by atoms with van der Waals surface area (Å²) >= 11 is 0. The zero-order valence-corrected chi connectivity index (χ0v) is 27.0.